The van der Waals surface area contributed by atoms with Gasteiger partial charge in [0.2, 0.25) is 0 Å². The minimum atomic E-state index is -0.344. The van der Waals surface area contributed by atoms with Crippen molar-refractivity contribution in [1.29, 1.82) is 0 Å². The Labute approximate surface area is 103 Å². The second kappa shape index (κ2) is 3.92. The normalized spacial score (nSPS) is 15.7. The third kappa shape index (κ3) is 1.58. The lowest BCUT2D eigenvalue weighted by molar-refractivity contribution is -0.382. The Morgan fingerprint density at radius 1 is 1.39 bits per heavy atom. The Morgan fingerprint density at radius 2 is 2.17 bits per heavy atom. The zero-order valence-corrected chi connectivity index (χ0v) is 9.61. The number of nitrogens with two attached hydrogens (primary N) is 1. The molecule has 0 radical (unpaired) electrons. The van der Waals surface area contributed by atoms with Crippen molar-refractivity contribution in [2.24, 2.45) is 5.73 Å². The fourth-order valence-corrected chi connectivity index (χ4v) is 2.28. The third-order valence-electron chi connectivity index (χ3n) is 3.17. The number of pyridine rings is 1. The van der Waals surface area contributed by atoms with Gasteiger partial charge in [-0.2, -0.15) is 0 Å². The van der Waals surface area contributed by atoms with E-state index in [1.807, 2.05) is 11.0 Å². The first-order valence-corrected chi connectivity index (χ1v) is 5.69. The van der Waals surface area contributed by atoms with Crippen LogP contribution in [0.2, 0.25) is 0 Å². The summed E-state index contributed by atoms with van der Waals surface area (Å²) in [5.74, 6) is 0. The predicted molar refractivity (Wildman–Crippen MR) is 68.6 cm³/mol. The highest BCUT2D eigenvalue weighted by Gasteiger charge is 2.30. The third-order valence-corrected chi connectivity index (χ3v) is 3.17. The average Bonchev–Trinajstić information content (AvgIpc) is 2.33. The van der Waals surface area contributed by atoms with Crippen LogP contribution in [0.4, 0.5) is 11.4 Å². The molecule has 2 N–H and O–H groups in total. The standard InChI is InChI=1S/C12H12N4O2/c13-8-6-15(7-8)11-4-3-10-9(2-1-5-14-10)12(11)16(17)18/h1-5,8H,6-7,13H2. The van der Waals surface area contributed by atoms with Crippen LogP contribution >= 0.6 is 0 Å². The number of hydrogen-bond donors (Lipinski definition) is 1. The van der Waals surface area contributed by atoms with Crippen LogP contribution < -0.4 is 10.6 Å². The van der Waals surface area contributed by atoms with Gasteiger partial charge in [-0.05, 0) is 24.3 Å². The van der Waals surface area contributed by atoms with Crippen molar-refractivity contribution in [3.05, 3.63) is 40.6 Å². The molecule has 3 rings (SSSR count). The monoisotopic (exact) mass is 244 g/mol. The summed E-state index contributed by atoms with van der Waals surface area (Å²) in [6.45, 7) is 1.32. The molecule has 1 fully saturated rings. The van der Waals surface area contributed by atoms with Crippen molar-refractivity contribution in [2.45, 2.75) is 6.04 Å². The van der Waals surface area contributed by atoms with Gasteiger partial charge in [-0.15, -0.1) is 0 Å². The number of anilines is 1. The molecule has 6 nitrogen and oxygen atoms in total. The molecular formula is C12H12N4O2. The van der Waals surface area contributed by atoms with Gasteiger partial charge >= 0.3 is 5.69 Å². The molecular weight excluding hydrogens is 232 g/mol. The molecule has 0 unspecified atom stereocenters. The lowest BCUT2D eigenvalue weighted by Gasteiger charge is -2.38. The Hall–Kier alpha value is -2.21. The van der Waals surface area contributed by atoms with Crippen LogP contribution in [-0.2, 0) is 0 Å². The van der Waals surface area contributed by atoms with E-state index in [4.69, 9.17) is 5.73 Å². The summed E-state index contributed by atoms with van der Waals surface area (Å²) in [6.07, 6.45) is 1.63. The first kappa shape index (κ1) is 10.9. The van der Waals surface area contributed by atoms with Crippen LogP contribution in [-0.4, -0.2) is 29.0 Å². The highest BCUT2D eigenvalue weighted by atomic mass is 16.6. The average molecular weight is 244 g/mol. The van der Waals surface area contributed by atoms with Gasteiger partial charge < -0.3 is 10.6 Å². The smallest absolute Gasteiger partial charge is 0.301 e. The van der Waals surface area contributed by atoms with Crippen molar-refractivity contribution < 1.29 is 4.92 Å². The van der Waals surface area contributed by atoms with Gasteiger partial charge in [0, 0.05) is 25.3 Å². The van der Waals surface area contributed by atoms with Crippen LogP contribution in [0, 0.1) is 10.1 Å². The highest BCUT2D eigenvalue weighted by molar-refractivity contribution is 5.94. The fourth-order valence-electron chi connectivity index (χ4n) is 2.28. The van der Waals surface area contributed by atoms with Gasteiger partial charge in [-0.1, -0.05) is 0 Å². The molecule has 0 atom stereocenters. The van der Waals surface area contributed by atoms with E-state index in [1.54, 1.807) is 24.4 Å². The van der Waals surface area contributed by atoms with E-state index < -0.39 is 0 Å². The molecule has 92 valence electrons. The molecule has 0 amide bonds. The SMILES string of the molecule is NC1CN(c2ccc3ncccc3c2[N+](=O)[O-])C1. The van der Waals surface area contributed by atoms with Gasteiger partial charge in [-0.3, -0.25) is 15.1 Å². The van der Waals surface area contributed by atoms with E-state index in [1.165, 1.54) is 0 Å². The van der Waals surface area contributed by atoms with Crippen LogP contribution in [0.1, 0.15) is 0 Å². The largest absolute Gasteiger partial charge is 0.363 e. The highest BCUT2D eigenvalue weighted by Crippen LogP contribution is 2.36. The number of fused-ring (bicyclic) bond motifs is 1. The van der Waals surface area contributed by atoms with Crippen molar-refractivity contribution in [2.75, 3.05) is 18.0 Å². The summed E-state index contributed by atoms with van der Waals surface area (Å²) in [6, 6.07) is 7.10. The number of nitro groups is 1. The molecule has 1 aliphatic rings. The predicted octanol–water partition coefficient (Wildman–Crippen LogP) is 1.29. The quantitative estimate of drug-likeness (QED) is 0.635. The number of rotatable bonds is 2. The van der Waals surface area contributed by atoms with Crippen LogP contribution in [0.3, 0.4) is 0 Å². The molecule has 1 aromatic carbocycles. The van der Waals surface area contributed by atoms with E-state index in [0.717, 1.165) is 0 Å². The summed E-state index contributed by atoms with van der Waals surface area (Å²) in [5.41, 5.74) is 7.10. The molecule has 2 aromatic rings. The Kier molecular flexibility index (Phi) is 2.38. The van der Waals surface area contributed by atoms with E-state index in [0.29, 0.717) is 29.7 Å². The summed E-state index contributed by atoms with van der Waals surface area (Å²) >= 11 is 0. The maximum atomic E-state index is 11.3. The lowest BCUT2D eigenvalue weighted by atomic mass is 10.1. The van der Waals surface area contributed by atoms with Gasteiger partial charge in [-0.25, -0.2) is 0 Å². The second-order valence-corrected chi connectivity index (χ2v) is 4.43. The van der Waals surface area contributed by atoms with Crippen molar-refractivity contribution >= 4 is 22.3 Å². The van der Waals surface area contributed by atoms with Crippen LogP contribution in [0.5, 0.6) is 0 Å². The van der Waals surface area contributed by atoms with Crippen molar-refractivity contribution in [3.8, 4) is 0 Å². The molecule has 0 saturated carbocycles. The molecule has 1 saturated heterocycles. The minimum absolute atomic E-state index is 0.106. The molecule has 1 aliphatic heterocycles. The van der Waals surface area contributed by atoms with Crippen molar-refractivity contribution in [1.82, 2.24) is 4.98 Å². The summed E-state index contributed by atoms with van der Waals surface area (Å²) in [5, 5.41) is 11.9. The maximum Gasteiger partial charge on any atom is 0.301 e. The molecule has 6 heteroatoms. The minimum Gasteiger partial charge on any atom is -0.363 e. The molecule has 0 spiro atoms. The summed E-state index contributed by atoms with van der Waals surface area (Å²) < 4.78 is 0. The number of hydrogen-bond acceptors (Lipinski definition) is 5. The van der Waals surface area contributed by atoms with Gasteiger partial charge in [0.15, 0.2) is 0 Å². The zero-order chi connectivity index (χ0) is 12.7. The first-order valence-electron chi connectivity index (χ1n) is 5.69. The van der Waals surface area contributed by atoms with Crippen LogP contribution in [0.25, 0.3) is 10.9 Å². The van der Waals surface area contributed by atoms with Gasteiger partial charge in [0.05, 0.1) is 15.8 Å². The summed E-state index contributed by atoms with van der Waals surface area (Å²) in [7, 11) is 0. The fraction of sp³-hybridized carbons (Fsp3) is 0.250. The second-order valence-electron chi connectivity index (χ2n) is 4.43. The van der Waals surface area contributed by atoms with E-state index in [9.17, 15) is 10.1 Å². The summed E-state index contributed by atoms with van der Waals surface area (Å²) in [4.78, 5) is 17.0. The van der Waals surface area contributed by atoms with Crippen LogP contribution in [0.15, 0.2) is 30.5 Å². The van der Waals surface area contributed by atoms with Crippen molar-refractivity contribution in [3.63, 3.8) is 0 Å². The molecule has 1 aromatic heterocycles. The zero-order valence-electron chi connectivity index (χ0n) is 9.61. The first-order chi connectivity index (χ1) is 8.66. The number of aromatic nitrogens is 1. The topological polar surface area (TPSA) is 85.3 Å². The lowest BCUT2D eigenvalue weighted by Crippen LogP contribution is -2.56. The van der Waals surface area contributed by atoms with Gasteiger partial charge in [0.1, 0.15) is 5.69 Å². The Morgan fingerprint density at radius 3 is 2.83 bits per heavy atom. The molecule has 18 heavy (non-hydrogen) atoms. The maximum absolute atomic E-state index is 11.3. The molecule has 0 aliphatic carbocycles. The number of nitrogens with zero attached hydrogens (tertiary/aromatic N) is 3. The number of benzene rings is 1. The molecule has 0 bridgehead atoms. The van der Waals surface area contributed by atoms with Gasteiger partial charge in [0.25, 0.3) is 0 Å². The Bertz CT molecular complexity index is 623. The Balaban J connectivity index is 2.19. The number of nitro benzene ring substituents is 1. The van der Waals surface area contributed by atoms with E-state index in [2.05, 4.69) is 4.98 Å². The van der Waals surface area contributed by atoms with E-state index >= 15 is 0 Å². The van der Waals surface area contributed by atoms with E-state index in [-0.39, 0.29) is 16.7 Å². The molecule has 2 heterocycles.